The van der Waals surface area contributed by atoms with Crippen LogP contribution < -0.4 is 10.2 Å². The zero-order valence-corrected chi connectivity index (χ0v) is 17.8. The van der Waals surface area contributed by atoms with Crippen LogP contribution >= 0.6 is 11.3 Å². The molecular formula is C24H25N3O2S. The van der Waals surface area contributed by atoms with E-state index in [1.165, 1.54) is 29.9 Å². The minimum absolute atomic E-state index is 0.0395. The van der Waals surface area contributed by atoms with Crippen molar-refractivity contribution in [1.29, 1.82) is 0 Å². The van der Waals surface area contributed by atoms with E-state index < -0.39 is 0 Å². The monoisotopic (exact) mass is 419 g/mol. The van der Waals surface area contributed by atoms with Crippen molar-refractivity contribution in [3.05, 3.63) is 82.0 Å². The van der Waals surface area contributed by atoms with Gasteiger partial charge < -0.3 is 15.1 Å². The highest BCUT2D eigenvalue weighted by Gasteiger charge is 2.18. The maximum Gasteiger partial charge on any atom is 0.265 e. The number of para-hydroxylation sites is 1. The van der Waals surface area contributed by atoms with Gasteiger partial charge in [-0.3, -0.25) is 9.59 Å². The van der Waals surface area contributed by atoms with E-state index in [1.54, 1.807) is 35.2 Å². The van der Waals surface area contributed by atoms with E-state index >= 15 is 0 Å². The Labute approximate surface area is 180 Å². The van der Waals surface area contributed by atoms with Gasteiger partial charge in [-0.2, -0.15) is 0 Å². The van der Waals surface area contributed by atoms with Crippen molar-refractivity contribution in [3.8, 4) is 0 Å². The predicted molar refractivity (Wildman–Crippen MR) is 122 cm³/mol. The fourth-order valence-corrected chi connectivity index (χ4v) is 4.37. The molecular weight excluding hydrogens is 394 g/mol. The molecule has 0 radical (unpaired) electrons. The van der Waals surface area contributed by atoms with Crippen molar-refractivity contribution in [2.45, 2.75) is 19.4 Å². The Hall–Kier alpha value is -3.12. The summed E-state index contributed by atoms with van der Waals surface area (Å²) in [5.74, 6) is -0.179. The van der Waals surface area contributed by atoms with Crippen LogP contribution in [0.3, 0.4) is 0 Å². The maximum atomic E-state index is 12.9. The van der Waals surface area contributed by atoms with Crippen molar-refractivity contribution in [3.63, 3.8) is 0 Å². The van der Waals surface area contributed by atoms with Gasteiger partial charge in [0.1, 0.15) is 0 Å². The Bertz CT molecular complexity index is 1010. The molecule has 4 rings (SSSR count). The summed E-state index contributed by atoms with van der Waals surface area (Å²) in [6, 6.07) is 19.0. The molecule has 1 aliphatic heterocycles. The van der Waals surface area contributed by atoms with Crippen LogP contribution in [0.2, 0.25) is 0 Å². The van der Waals surface area contributed by atoms with Crippen molar-refractivity contribution in [1.82, 2.24) is 4.90 Å². The molecule has 0 atom stereocenters. The summed E-state index contributed by atoms with van der Waals surface area (Å²) in [5.41, 5.74) is 3.66. The number of rotatable bonds is 6. The number of thiophene rings is 1. The van der Waals surface area contributed by atoms with Crippen LogP contribution in [-0.4, -0.2) is 36.9 Å². The van der Waals surface area contributed by atoms with Gasteiger partial charge in [0, 0.05) is 43.6 Å². The van der Waals surface area contributed by atoms with Gasteiger partial charge in [0.25, 0.3) is 11.8 Å². The van der Waals surface area contributed by atoms with E-state index in [-0.39, 0.29) is 11.8 Å². The lowest BCUT2D eigenvalue weighted by Crippen LogP contribution is -2.28. The second-order valence-corrected chi connectivity index (χ2v) is 8.44. The van der Waals surface area contributed by atoms with E-state index in [1.807, 2.05) is 24.6 Å². The molecule has 0 aliphatic carbocycles. The van der Waals surface area contributed by atoms with E-state index in [2.05, 4.69) is 28.4 Å². The fraction of sp³-hybridized carbons (Fsp3) is 0.250. The number of benzene rings is 2. The van der Waals surface area contributed by atoms with Gasteiger partial charge in [0.05, 0.1) is 4.88 Å². The number of nitrogens with zero attached hydrogens (tertiary/aromatic N) is 2. The van der Waals surface area contributed by atoms with Crippen molar-refractivity contribution in [2.75, 3.05) is 30.4 Å². The minimum atomic E-state index is -0.139. The number of nitrogens with one attached hydrogen (secondary N) is 1. The summed E-state index contributed by atoms with van der Waals surface area (Å²) in [6.45, 7) is 2.71. The number of hydrogen-bond acceptors (Lipinski definition) is 4. The Morgan fingerprint density at radius 1 is 1.00 bits per heavy atom. The van der Waals surface area contributed by atoms with Gasteiger partial charge in [0.2, 0.25) is 0 Å². The number of anilines is 2. The minimum Gasteiger partial charge on any atom is -0.371 e. The second kappa shape index (κ2) is 9.13. The van der Waals surface area contributed by atoms with Gasteiger partial charge in [-0.1, -0.05) is 24.3 Å². The van der Waals surface area contributed by atoms with Crippen LogP contribution in [0, 0.1) is 0 Å². The molecule has 2 heterocycles. The molecule has 1 aromatic heterocycles. The molecule has 0 unspecified atom stereocenters. The molecule has 1 saturated heterocycles. The van der Waals surface area contributed by atoms with Crippen LogP contribution in [0.25, 0.3) is 0 Å². The lowest BCUT2D eigenvalue weighted by Gasteiger charge is -2.24. The first kappa shape index (κ1) is 20.2. The highest BCUT2D eigenvalue weighted by Crippen LogP contribution is 2.26. The zero-order valence-electron chi connectivity index (χ0n) is 17.0. The van der Waals surface area contributed by atoms with Crippen molar-refractivity contribution < 1.29 is 9.59 Å². The highest BCUT2D eigenvalue weighted by molar-refractivity contribution is 7.12. The Morgan fingerprint density at radius 3 is 2.43 bits per heavy atom. The third-order valence-electron chi connectivity index (χ3n) is 5.33. The van der Waals surface area contributed by atoms with Gasteiger partial charge >= 0.3 is 0 Å². The zero-order chi connectivity index (χ0) is 20.9. The molecule has 30 heavy (non-hydrogen) atoms. The first-order valence-corrected chi connectivity index (χ1v) is 11.0. The number of hydrogen-bond donors (Lipinski definition) is 1. The molecule has 0 bridgehead atoms. The molecule has 0 spiro atoms. The van der Waals surface area contributed by atoms with Crippen LogP contribution in [0.5, 0.6) is 0 Å². The SMILES string of the molecule is CN(Cc1ccccc1N1CCCC1)C(=O)c1ccc(NC(=O)c2cccs2)cc1. The Morgan fingerprint density at radius 2 is 1.73 bits per heavy atom. The third kappa shape index (κ3) is 4.54. The molecule has 2 amide bonds. The Balaban J connectivity index is 1.41. The summed E-state index contributed by atoms with van der Waals surface area (Å²) in [7, 11) is 1.83. The normalized spacial score (nSPS) is 13.3. The van der Waals surface area contributed by atoms with Crippen LogP contribution in [-0.2, 0) is 6.54 Å². The molecule has 3 aromatic rings. The summed E-state index contributed by atoms with van der Waals surface area (Å²) in [6.07, 6.45) is 2.44. The van der Waals surface area contributed by atoms with Gasteiger partial charge in [-0.05, 0) is 60.2 Å². The topological polar surface area (TPSA) is 52.6 Å². The number of carbonyl (C=O) groups is 2. The lowest BCUT2D eigenvalue weighted by atomic mass is 10.1. The lowest BCUT2D eigenvalue weighted by molar-refractivity contribution is 0.0785. The summed E-state index contributed by atoms with van der Waals surface area (Å²) in [4.78, 5) is 29.9. The van der Waals surface area contributed by atoms with E-state index in [0.717, 1.165) is 18.7 Å². The maximum absolute atomic E-state index is 12.9. The fourth-order valence-electron chi connectivity index (χ4n) is 3.76. The van der Waals surface area contributed by atoms with Crippen LogP contribution in [0.1, 0.15) is 38.4 Å². The van der Waals surface area contributed by atoms with E-state index in [0.29, 0.717) is 22.7 Å². The molecule has 0 saturated carbocycles. The van der Waals surface area contributed by atoms with E-state index in [9.17, 15) is 9.59 Å². The molecule has 1 aliphatic rings. The predicted octanol–water partition coefficient (Wildman–Crippen LogP) is 4.87. The second-order valence-electron chi connectivity index (χ2n) is 7.49. The van der Waals surface area contributed by atoms with Crippen molar-refractivity contribution in [2.24, 2.45) is 0 Å². The summed E-state index contributed by atoms with van der Waals surface area (Å²) < 4.78 is 0. The van der Waals surface area contributed by atoms with Crippen LogP contribution in [0.15, 0.2) is 66.0 Å². The average molecular weight is 420 g/mol. The number of amides is 2. The van der Waals surface area contributed by atoms with Crippen molar-refractivity contribution >= 4 is 34.5 Å². The molecule has 6 heteroatoms. The molecule has 2 aromatic carbocycles. The summed E-state index contributed by atoms with van der Waals surface area (Å²) in [5, 5.41) is 4.73. The van der Waals surface area contributed by atoms with Crippen LogP contribution in [0.4, 0.5) is 11.4 Å². The quantitative estimate of drug-likeness (QED) is 0.620. The molecule has 1 fully saturated rings. The standard InChI is InChI=1S/C24H25N3O2S/c1-26(17-19-7-2-3-8-21(19)27-14-4-5-15-27)24(29)18-10-12-20(13-11-18)25-23(28)22-9-6-16-30-22/h2-3,6-13,16H,4-5,14-15,17H2,1H3,(H,25,28). The van der Waals surface area contributed by atoms with Gasteiger partial charge in [-0.25, -0.2) is 0 Å². The Kier molecular flexibility index (Phi) is 6.14. The largest absolute Gasteiger partial charge is 0.371 e. The summed E-state index contributed by atoms with van der Waals surface area (Å²) >= 11 is 1.40. The van der Waals surface area contributed by atoms with Gasteiger partial charge in [0.15, 0.2) is 0 Å². The molecule has 154 valence electrons. The first-order chi connectivity index (χ1) is 14.6. The van der Waals surface area contributed by atoms with Gasteiger partial charge in [-0.15, -0.1) is 11.3 Å². The molecule has 5 nitrogen and oxygen atoms in total. The smallest absolute Gasteiger partial charge is 0.265 e. The third-order valence-corrected chi connectivity index (χ3v) is 6.20. The average Bonchev–Trinajstić information content (AvgIpc) is 3.48. The van der Waals surface area contributed by atoms with E-state index in [4.69, 9.17) is 0 Å². The first-order valence-electron chi connectivity index (χ1n) is 10.1. The number of carbonyl (C=O) groups excluding carboxylic acids is 2. The molecule has 1 N–H and O–H groups in total. The highest BCUT2D eigenvalue weighted by atomic mass is 32.1.